The van der Waals surface area contributed by atoms with E-state index in [1.165, 1.54) is 5.69 Å². The van der Waals surface area contributed by atoms with Crippen molar-refractivity contribution in [3.8, 4) is 5.75 Å². The molecule has 1 saturated heterocycles. The Labute approximate surface area is 130 Å². The number of rotatable bonds is 5. The molecule has 0 aliphatic carbocycles. The molecule has 1 aliphatic rings. The summed E-state index contributed by atoms with van der Waals surface area (Å²) in [4.78, 5) is 4.77. The molecule has 5 heteroatoms. The van der Waals surface area contributed by atoms with Crippen LogP contribution in [0.1, 0.15) is 5.56 Å². The molecule has 0 N–H and O–H groups in total. The SMILES string of the molecule is C=CCN1CCN(c2cccc(OC(Cl)Cl)c2C)CC1. The maximum absolute atomic E-state index is 5.69. The fraction of sp³-hybridized carbons (Fsp3) is 0.467. The molecule has 0 spiro atoms. The van der Waals surface area contributed by atoms with Crippen molar-refractivity contribution in [2.24, 2.45) is 0 Å². The van der Waals surface area contributed by atoms with E-state index in [9.17, 15) is 0 Å². The number of ether oxygens (including phenoxy) is 1. The van der Waals surface area contributed by atoms with E-state index in [1.807, 2.05) is 25.1 Å². The van der Waals surface area contributed by atoms with E-state index >= 15 is 0 Å². The van der Waals surface area contributed by atoms with Gasteiger partial charge in [-0.15, -0.1) is 6.58 Å². The van der Waals surface area contributed by atoms with Gasteiger partial charge in [-0.05, 0) is 19.1 Å². The van der Waals surface area contributed by atoms with Crippen molar-refractivity contribution < 1.29 is 4.74 Å². The lowest BCUT2D eigenvalue weighted by Gasteiger charge is -2.36. The minimum atomic E-state index is -0.839. The quantitative estimate of drug-likeness (QED) is 0.611. The van der Waals surface area contributed by atoms with Crippen molar-refractivity contribution in [2.45, 2.75) is 11.9 Å². The Morgan fingerprint density at radius 1 is 1.30 bits per heavy atom. The van der Waals surface area contributed by atoms with E-state index < -0.39 is 5.02 Å². The second-order valence-corrected chi connectivity index (χ2v) is 5.87. The van der Waals surface area contributed by atoms with Gasteiger partial charge >= 0.3 is 0 Å². The number of hydrogen-bond donors (Lipinski definition) is 0. The van der Waals surface area contributed by atoms with Crippen LogP contribution in [0, 0.1) is 6.92 Å². The average Bonchev–Trinajstić information content (AvgIpc) is 2.42. The molecule has 0 saturated carbocycles. The topological polar surface area (TPSA) is 15.7 Å². The van der Waals surface area contributed by atoms with Crippen LogP contribution >= 0.6 is 23.2 Å². The lowest BCUT2D eigenvalue weighted by atomic mass is 10.1. The largest absolute Gasteiger partial charge is 0.460 e. The third-order valence-corrected chi connectivity index (χ3v) is 3.75. The molecule has 0 unspecified atom stereocenters. The Hall–Kier alpha value is -0.900. The maximum Gasteiger partial charge on any atom is 0.247 e. The van der Waals surface area contributed by atoms with Crippen molar-refractivity contribution in [3.63, 3.8) is 0 Å². The van der Waals surface area contributed by atoms with Crippen molar-refractivity contribution >= 4 is 28.9 Å². The zero-order chi connectivity index (χ0) is 14.5. The van der Waals surface area contributed by atoms with Crippen LogP contribution in [0.3, 0.4) is 0 Å². The highest BCUT2D eigenvalue weighted by atomic mass is 35.5. The summed E-state index contributed by atoms with van der Waals surface area (Å²) in [5.41, 5.74) is 2.27. The fourth-order valence-electron chi connectivity index (χ4n) is 2.52. The molecule has 1 heterocycles. The third kappa shape index (κ3) is 3.81. The normalized spacial score (nSPS) is 16.5. The van der Waals surface area contributed by atoms with Crippen LogP contribution in [0.5, 0.6) is 5.75 Å². The lowest BCUT2D eigenvalue weighted by Crippen LogP contribution is -2.46. The van der Waals surface area contributed by atoms with Crippen molar-refractivity contribution in [1.82, 2.24) is 4.90 Å². The maximum atomic E-state index is 5.69. The zero-order valence-corrected chi connectivity index (χ0v) is 13.2. The van der Waals surface area contributed by atoms with Gasteiger partial charge in [0.1, 0.15) is 5.75 Å². The summed E-state index contributed by atoms with van der Waals surface area (Å²) in [5, 5.41) is -0.839. The monoisotopic (exact) mass is 314 g/mol. The predicted molar refractivity (Wildman–Crippen MR) is 86.2 cm³/mol. The van der Waals surface area contributed by atoms with E-state index in [4.69, 9.17) is 27.9 Å². The number of halogens is 2. The molecule has 2 rings (SSSR count). The van der Waals surface area contributed by atoms with Gasteiger partial charge < -0.3 is 9.64 Å². The highest BCUT2D eigenvalue weighted by Crippen LogP contribution is 2.30. The third-order valence-electron chi connectivity index (χ3n) is 3.57. The van der Waals surface area contributed by atoms with E-state index in [-0.39, 0.29) is 0 Å². The molecule has 20 heavy (non-hydrogen) atoms. The molecule has 1 fully saturated rings. The minimum absolute atomic E-state index is 0.742. The molecule has 1 aliphatic heterocycles. The molecule has 110 valence electrons. The van der Waals surface area contributed by atoms with E-state index in [2.05, 4.69) is 22.4 Å². The average molecular weight is 315 g/mol. The Balaban J connectivity index is 2.08. The van der Waals surface area contributed by atoms with Crippen LogP contribution in [-0.4, -0.2) is 42.6 Å². The van der Waals surface area contributed by atoms with E-state index in [0.29, 0.717) is 0 Å². The first-order chi connectivity index (χ1) is 9.61. The summed E-state index contributed by atoms with van der Waals surface area (Å²) in [5.74, 6) is 0.742. The summed E-state index contributed by atoms with van der Waals surface area (Å²) >= 11 is 11.4. The van der Waals surface area contributed by atoms with Crippen LogP contribution in [0.15, 0.2) is 30.9 Å². The van der Waals surface area contributed by atoms with Crippen LogP contribution in [0.25, 0.3) is 0 Å². The van der Waals surface area contributed by atoms with Gasteiger partial charge in [-0.2, -0.15) is 0 Å². The summed E-state index contributed by atoms with van der Waals surface area (Å²) in [6, 6.07) is 5.98. The van der Waals surface area contributed by atoms with Gasteiger partial charge in [-0.25, -0.2) is 0 Å². The van der Waals surface area contributed by atoms with Gasteiger partial charge in [-0.3, -0.25) is 4.90 Å². The number of piperazine rings is 1. The molecule has 0 amide bonds. The fourth-order valence-corrected chi connectivity index (χ4v) is 2.71. The number of benzene rings is 1. The van der Waals surface area contributed by atoms with Crippen LogP contribution < -0.4 is 9.64 Å². The molecular formula is C15H20Cl2N2O. The lowest BCUT2D eigenvalue weighted by molar-refractivity contribution is 0.284. The summed E-state index contributed by atoms with van der Waals surface area (Å²) in [6.45, 7) is 10.9. The Bertz CT molecular complexity index is 457. The molecule has 3 nitrogen and oxygen atoms in total. The number of anilines is 1. The van der Waals surface area contributed by atoms with Gasteiger partial charge in [0.25, 0.3) is 0 Å². The number of nitrogens with zero attached hydrogens (tertiary/aromatic N) is 2. The van der Waals surface area contributed by atoms with E-state index in [0.717, 1.165) is 44.0 Å². The molecule has 0 radical (unpaired) electrons. The number of hydrogen-bond acceptors (Lipinski definition) is 3. The minimum Gasteiger partial charge on any atom is -0.460 e. The van der Waals surface area contributed by atoms with E-state index in [1.54, 1.807) is 0 Å². The first-order valence-electron chi connectivity index (χ1n) is 6.74. The molecule has 0 aromatic heterocycles. The smallest absolute Gasteiger partial charge is 0.247 e. The first-order valence-corrected chi connectivity index (χ1v) is 7.61. The predicted octanol–water partition coefficient (Wildman–Crippen LogP) is 3.44. The van der Waals surface area contributed by atoms with Crippen LogP contribution in [0.2, 0.25) is 0 Å². The van der Waals surface area contributed by atoms with Crippen molar-refractivity contribution in [1.29, 1.82) is 0 Å². The number of alkyl halides is 2. The summed E-state index contributed by atoms with van der Waals surface area (Å²) in [7, 11) is 0. The summed E-state index contributed by atoms with van der Waals surface area (Å²) in [6.07, 6.45) is 1.95. The standard InChI is InChI=1S/C15H20Cl2N2O/c1-3-7-18-8-10-19(11-9-18)13-5-4-6-14(12(13)2)20-15(16)17/h3-6,15H,1,7-11H2,2H3. The van der Waals surface area contributed by atoms with Crippen LogP contribution in [0.4, 0.5) is 5.69 Å². The molecule has 1 aromatic rings. The van der Waals surface area contributed by atoms with Gasteiger partial charge in [0.15, 0.2) is 0 Å². The second-order valence-electron chi connectivity index (χ2n) is 4.86. The second kappa shape index (κ2) is 7.21. The highest BCUT2D eigenvalue weighted by Gasteiger charge is 2.19. The highest BCUT2D eigenvalue weighted by molar-refractivity contribution is 6.43. The van der Waals surface area contributed by atoms with Gasteiger partial charge in [0.2, 0.25) is 5.02 Å². The molecule has 0 bridgehead atoms. The zero-order valence-electron chi connectivity index (χ0n) is 11.7. The van der Waals surface area contributed by atoms with Gasteiger partial charge in [-0.1, -0.05) is 35.3 Å². The Kier molecular flexibility index (Phi) is 5.58. The summed E-state index contributed by atoms with van der Waals surface area (Å²) < 4.78 is 5.42. The van der Waals surface area contributed by atoms with Gasteiger partial charge in [0.05, 0.1) is 0 Å². The molecule has 1 aromatic carbocycles. The van der Waals surface area contributed by atoms with Crippen molar-refractivity contribution in [3.05, 3.63) is 36.4 Å². The Morgan fingerprint density at radius 3 is 2.60 bits per heavy atom. The van der Waals surface area contributed by atoms with Crippen molar-refractivity contribution in [2.75, 3.05) is 37.6 Å². The first kappa shape index (κ1) is 15.5. The Morgan fingerprint density at radius 2 is 2.00 bits per heavy atom. The van der Waals surface area contributed by atoms with Crippen LogP contribution in [-0.2, 0) is 0 Å². The van der Waals surface area contributed by atoms with Gasteiger partial charge in [0, 0.05) is 44.0 Å². The molecule has 0 atom stereocenters. The molecular weight excluding hydrogens is 295 g/mol.